The predicted octanol–water partition coefficient (Wildman–Crippen LogP) is 3.81. The molecule has 0 saturated carbocycles. The summed E-state index contributed by atoms with van der Waals surface area (Å²) < 4.78 is 11.2. The minimum Gasteiger partial charge on any atom is -0.497 e. The SMILES string of the molecule is COc1ccc(NC(=O)COC(=O)CCCc2nc3ccccc3s2)cc1. The molecule has 0 unspecified atom stereocenters. The number of thiazole rings is 1. The number of methoxy groups -OCH3 is 1. The van der Waals surface area contributed by atoms with Crippen molar-refractivity contribution in [3.8, 4) is 5.75 Å². The summed E-state index contributed by atoms with van der Waals surface area (Å²) in [4.78, 5) is 28.2. The first-order valence-electron chi connectivity index (χ1n) is 8.58. The third-order valence-corrected chi connectivity index (χ3v) is 4.94. The summed E-state index contributed by atoms with van der Waals surface area (Å²) in [7, 11) is 1.57. The number of hydrogen-bond donors (Lipinski definition) is 1. The lowest BCUT2D eigenvalue weighted by Gasteiger charge is -2.07. The van der Waals surface area contributed by atoms with E-state index in [0.717, 1.165) is 15.2 Å². The van der Waals surface area contributed by atoms with Gasteiger partial charge in [0.1, 0.15) is 5.75 Å². The van der Waals surface area contributed by atoms with E-state index < -0.39 is 0 Å². The molecule has 0 fully saturated rings. The highest BCUT2D eigenvalue weighted by atomic mass is 32.1. The molecule has 7 heteroatoms. The van der Waals surface area contributed by atoms with Gasteiger partial charge >= 0.3 is 5.97 Å². The summed E-state index contributed by atoms with van der Waals surface area (Å²) in [5.41, 5.74) is 1.60. The molecular weight excluding hydrogens is 364 g/mol. The quantitative estimate of drug-likeness (QED) is 0.598. The molecule has 27 heavy (non-hydrogen) atoms. The maximum atomic E-state index is 11.8. The molecule has 0 bridgehead atoms. The summed E-state index contributed by atoms with van der Waals surface area (Å²) in [5, 5.41) is 3.67. The number of aromatic nitrogens is 1. The van der Waals surface area contributed by atoms with Crippen LogP contribution in [0.3, 0.4) is 0 Å². The third kappa shape index (κ3) is 5.52. The third-order valence-electron chi connectivity index (χ3n) is 3.85. The van der Waals surface area contributed by atoms with E-state index in [1.807, 2.05) is 24.3 Å². The number of aryl methyl sites for hydroxylation is 1. The van der Waals surface area contributed by atoms with Crippen molar-refractivity contribution in [2.45, 2.75) is 19.3 Å². The van der Waals surface area contributed by atoms with Crippen molar-refractivity contribution < 1.29 is 19.1 Å². The van der Waals surface area contributed by atoms with Gasteiger partial charge in [0.05, 0.1) is 22.3 Å². The van der Waals surface area contributed by atoms with Gasteiger partial charge in [-0.3, -0.25) is 9.59 Å². The average Bonchev–Trinajstić information content (AvgIpc) is 3.10. The van der Waals surface area contributed by atoms with Crippen LogP contribution in [0.2, 0.25) is 0 Å². The number of carbonyl (C=O) groups excluding carboxylic acids is 2. The number of ether oxygens (including phenoxy) is 2. The molecule has 3 aromatic rings. The van der Waals surface area contributed by atoms with Gasteiger partial charge in [0.15, 0.2) is 6.61 Å². The summed E-state index contributed by atoms with van der Waals surface area (Å²) in [6.07, 6.45) is 1.61. The highest BCUT2D eigenvalue weighted by Gasteiger charge is 2.09. The van der Waals surface area contributed by atoms with Crippen LogP contribution in [0.1, 0.15) is 17.8 Å². The zero-order chi connectivity index (χ0) is 19.1. The minimum absolute atomic E-state index is 0.256. The standard InChI is InChI=1S/C20H20N2O4S/c1-25-15-11-9-14(10-12-15)21-18(23)13-26-20(24)8-4-7-19-22-16-5-2-3-6-17(16)27-19/h2-3,5-6,9-12H,4,7-8,13H2,1H3,(H,21,23). The second-order valence-corrected chi connectivity index (χ2v) is 6.98. The number of para-hydroxylation sites is 1. The molecule has 1 amide bonds. The predicted molar refractivity (Wildman–Crippen MR) is 105 cm³/mol. The van der Waals surface area contributed by atoms with E-state index in [1.54, 1.807) is 42.7 Å². The van der Waals surface area contributed by atoms with Gasteiger partial charge in [0.25, 0.3) is 5.91 Å². The van der Waals surface area contributed by atoms with Crippen LogP contribution in [0.25, 0.3) is 10.2 Å². The molecule has 0 spiro atoms. The monoisotopic (exact) mass is 384 g/mol. The summed E-state index contributed by atoms with van der Waals surface area (Å²) >= 11 is 1.63. The molecule has 1 heterocycles. The Bertz CT molecular complexity index is 888. The van der Waals surface area contributed by atoms with E-state index in [1.165, 1.54) is 0 Å². The van der Waals surface area contributed by atoms with E-state index >= 15 is 0 Å². The maximum Gasteiger partial charge on any atom is 0.306 e. The van der Waals surface area contributed by atoms with Gasteiger partial charge in [-0.1, -0.05) is 12.1 Å². The Morgan fingerprint density at radius 1 is 1.11 bits per heavy atom. The Hall–Kier alpha value is -2.93. The number of nitrogens with zero attached hydrogens (tertiary/aromatic N) is 1. The number of carbonyl (C=O) groups is 2. The summed E-state index contributed by atoms with van der Waals surface area (Å²) in [5.74, 6) is -0.0618. The topological polar surface area (TPSA) is 77.5 Å². The van der Waals surface area contributed by atoms with E-state index in [2.05, 4.69) is 10.3 Å². The van der Waals surface area contributed by atoms with Gasteiger partial charge in [0, 0.05) is 12.1 Å². The molecule has 3 rings (SSSR count). The lowest BCUT2D eigenvalue weighted by Crippen LogP contribution is -2.20. The number of esters is 1. The molecular formula is C20H20N2O4S. The largest absolute Gasteiger partial charge is 0.497 e. The Labute approximate surface area is 161 Å². The average molecular weight is 384 g/mol. The first kappa shape index (κ1) is 18.8. The van der Waals surface area contributed by atoms with Gasteiger partial charge in [-0.15, -0.1) is 11.3 Å². The summed E-state index contributed by atoms with van der Waals surface area (Å²) in [6.45, 7) is -0.300. The fourth-order valence-electron chi connectivity index (χ4n) is 2.50. The van der Waals surface area contributed by atoms with Crippen LogP contribution in [-0.2, 0) is 20.7 Å². The van der Waals surface area contributed by atoms with Crippen LogP contribution in [0.15, 0.2) is 48.5 Å². The number of rotatable bonds is 8. The first-order valence-corrected chi connectivity index (χ1v) is 9.39. The number of nitrogens with one attached hydrogen (secondary N) is 1. The number of fused-ring (bicyclic) bond motifs is 1. The van der Waals surface area contributed by atoms with E-state index in [4.69, 9.17) is 9.47 Å². The number of amides is 1. The molecule has 0 atom stereocenters. The van der Waals surface area contributed by atoms with Crippen molar-refractivity contribution in [3.63, 3.8) is 0 Å². The fraction of sp³-hybridized carbons (Fsp3) is 0.250. The van der Waals surface area contributed by atoms with Crippen molar-refractivity contribution in [2.24, 2.45) is 0 Å². The second-order valence-electron chi connectivity index (χ2n) is 5.87. The van der Waals surface area contributed by atoms with Crippen molar-refractivity contribution >= 4 is 39.1 Å². The van der Waals surface area contributed by atoms with Crippen molar-refractivity contribution in [3.05, 3.63) is 53.5 Å². The molecule has 0 aliphatic carbocycles. The molecule has 1 aromatic heterocycles. The van der Waals surface area contributed by atoms with E-state index in [9.17, 15) is 9.59 Å². The van der Waals surface area contributed by atoms with Crippen molar-refractivity contribution in [2.75, 3.05) is 19.0 Å². The molecule has 1 N–H and O–H groups in total. The molecule has 2 aromatic carbocycles. The Morgan fingerprint density at radius 3 is 2.63 bits per heavy atom. The van der Waals surface area contributed by atoms with Gasteiger partial charge < -0.3 is 14.8 Å². The first-order chi connectivity index (χ1) is 13.1. The molecule has 0 aliphatic rings. The second kappa shape index (κ2) is 9.14. The molecule has 0 aliphatic heterocycles. The van der Waals surface area contributed by atoms with Gasteiger partial charge in [-0.2, -0.15) is 0 Å². The lowest BCUT2D eigenvalue weighted by molar-refractivity contribution is -0.147. The zero-order valence-electron chi connectivity index (χ0n) is 14.9. The summed E-state index contributed by atoms with van der Waals surface area (Å²) in [6, 6.07) is 14.9. The lowest BCUT2D eigenvalue weighted by atomic mass is 10.2. The van der Waals surface area contributed by atoms with Gasteiger partial charge in [0.2, 0.25) is 0 Å². The number of hydrogen-bond acceptors (Lipinski definition) is 6. The van der Waals surface area contributed by atoms with Crippen LogP contribution >= 0.6 is 11.3 Å². The normalized spacial score (nSPS) is 10.6. The van der Waals surface area contributed by atoms with Crippen molar-refractivity contribution in [1.29, 1.82) is 0 Å². The highest BCUT2D eigenvalue weighted by molar-refractivity contribution is 7.18. The number of anilines is 1. The Kier molecular flexibility index (Phi) is 6.38. The minimum atomic E-state index is -0.388. The van der Waals surface area contributed by atoms with Gasteiger partial charge in [-0.05, 0) is 49.2 Å². The Balaban J connectivity index is 1.36. The zero-order valence-corrected chi connectivity index (χ0v) is 15.8. The van der Waals surface area contributed by atoms with Crippen LogP contribution in [0, 0.1) is 0 Å². The maximum absolute atomic E-state index is 11.8. The smallest absolute Gasteiger partial charge is 0.306 e. The van der Waals surface area contributed by atoms with Crippen LogP contribution < -0.4 is 10.1 Å². The van der Waals surface area contributed by atoms with Crippen LogP contribution in [-0.4, -0.2) is 30.6 Å². The molecule has 140 valence electrons. The Morgan fingerprint density at radius 2 is 1.89 bits per heavy atom. The fourth-order valence-corrected chi connectivity index (χ4v) is 3.51. The highest BCUT2D eigenvalue weighted by Crippen LogP contribution is 2.22. The number of benzene rings is 2. The molecule has 0 saturated heterocycles. The molecule has 6 nitrogen and oxygen atoms in total. The van der Waals surface area contributed by atoms with Crippen LogP contribution in [0.5, 0.6) is 5.75 Å². The van der Waals surface area contributed by atoms with E-state index in [0.29, 0.717) is 24.3 Å². The van der Waals surface area contributed by atoms with Crippen LogP contribution in [0.4, 0.5) is 5.69 Å². The van der Waals surface area contributed by atoms with Gasteiger partial charge in [-0.25, -0.2) is 4.98 Å². The van der Waals surface area contributed by atoms with Crippen molar-refractivity contribution in [1.82, 2.24) is 4.98 Å². The molecule has 0 radical (unpaired) electrons. The van der Waals surface area contributed by atoms with E-state index in [-0.39, 0.29) is 24.9 Å².